The number of aromatic nitrogens is 3. The van der Waals surface area contributed by atoms with E-state index in [1.54, 1.807) is 6.20 Å². The molecule has 2 unspecified atom stereocenters. The maximum Gasteiger partial charge on any atom is 0.252 e. The number of hydrogen-bond donors (Lipinski definition) is 3. The van der Waals surface area contributed by atoms with Crippen LogP contribution in [0.2, 0.25) is 0 Å². The molecule has 2 aromatic heterocycles. The minimum Gasteiger partial charge on any atom is -0.367 e. The van der Waals surface area contributed by atoms with Gasteiger partial charge in [-0.25, -0.2) is 4.98 Å². The molecule has 0 aliphatic heterocycles. The third-order valence-corrected chi connectivity index (χ3v) is 5.42. The summed E-state index contributed by atoms with van der Waals surface area (Å²) in [6.45, 7) is 0. The van der Waals surface area contributed by atoms with Crippen molar-refractivity contribution in [1.82, 2.24) is 14.9 Å². The molecule has 3 aromatic rings. The number of nitrogens with zero attached hydrogens (tertiary/aromatic N) is 5. The molecule has 0 spiro atoms. The van der Waals surface area contributed by atoms with Gasteiger partial charge in [-0.3, -0.25) is 9.80 Å². The van der Waals surface area contributed by atoms with Crippen molar-refractivity contribution in [2.24, 2.45) is 11.5 Å². The summed E-state index contributed by atoms with van der Waals surface area (Å²) < 4.78 is 0. The SMILES string of the molecule is N#Cc1cnc(NC2CC(N(c3ccccc3)n3cccn3)C[C@@H](N)C2)c(C(N)=O)c1. The maximum atomic E-state index is 11.9. The first kappa shape index (κ1) is 20.4. The topological polar surface area (TPSA) is 139 Å². The van der Waals surface area contributed by atoms with Gasteiger partial charge in [0, 0.05) is 24.5 Å². The van der Waals surface area contributed by atoms with E-state index < -0.39 is 5.91 Å². The molecule has 1 aliphatic carbocycles. The molecule has 1 fully saturated rings. The molecule has 1 aromatic carbocycles. The van der Waals surface area contributed by atoms with E-state index in [9.17, 15) is 4.79 Å². The summed E-state index contributed by atoms with van der Waals surface area (Å²) in [4.78, 5) is 18.0. The lowest BCUT2D eigenvalue weighted by atomic mass is 9.86. The number of pyridine rings is 1. The van der Waals surface area contributed by atoms with Crippen molar-refractivity contribution in [3.63, 3.8) is 0 Å². The van der Waals surface area contributed by atoms with Gasteiger partial charge in [0.1, 0.15) is 11.9 Å². The monoisotopic (exact) mass is 416 g/mol. The number of para-hydroxylation sites is 1. The molecule has 31 heavy (non-hydrogen) atoms. The average molecular weight is 416 g/mol. The molecular weight excluding hydrogens is 392 g/mol. The lowest BCUT2D eigenvalue weighted by molar-refractivity contribution is 0.100. The van der Waals surface area contributed by atoms with Gasteiger partial charge in [0.05, 0.1) is 29.1 Å². The van der Waals surface area contributed by atoms with Gasteiger partial charge in [-0.05, 0) is 43.5 Å². The fourth-order valence-electron chi connectivity index (χ4n) is 4.14. The molecular formula is C22H24N8O. The van der Waals surface area contributed by atoms with E-state index in [0.29, 0.717) is 5.82 Å². The summed E-state index contributed by atoms with van der Waals surface area (Å²) in [6, 6.07) is 15.3. The van der Waals surface area contributed by atoms with Gasteiger partial charge in [-0.2, -0.15) is 15.2 Å². The Hall–Kier alpha value is -3.90. The lowest BCUT2D eigenvalue weighted by Gasteiger charge is -2.41. The first-order valence-corrected chi connectivity index (χ1v) is 10.1. The first-order chi connectivity index (χ1) is 15.0. The van der Waals surface area contributed by atoms with E-state index in [-0.39, 0.29) is 29.3 Å². The molecule has 9 heteroatoms. The molecule has 1 saturated carbocycles. The number of primary amides is 1. The Labute approximate surface area is 180 Å². The van der Waals surface area contributed by atoms with Gasteiger partial charge in [0.15, 0.2) is 0 Å². The van der Waals surface area contributed by atoms with E-state index in [1.807, 2.05) is 53.5 Å². The van der Waals surface area contributed by atoms with Crippen LogP contribution in [0.3, 0.4) is 0 Å². The highest BCUT2D eigenvalue weighted by atomic mass is 16.1. The van der Waals surface area contributed by atoms with Crippen molar-refractivity contribution in [1.29, 1.82) is 5.26 Å². The largest absolute Gasteiger partial charge is 0.367 e. The quantitative estimate of drug-likeness (QED) is 0.557. The molecule has 4 rings (SSSR count). The minimum atomic E-state index is -0.633. The second kappa shape index (κ2) is 8.85. The smallest absolute Gasteiger partial charge is 0.252 e. The number of hydrogen-bond acceptors (Lipinski definition) is 7. The van der Waals surface area contributed by atoms with Crippen LogP contribution >= 0.6 is 0 Å². The zero-order chi connectivity index (χ0) is 21.8. The number of carbonyl (C=O) groups is 1. The zero-order valence-electron chi connectivity index (χ0n) is 16.9. The van der Waals surface area contributed by atoms with Crippen LogP contribution in [0, 0.1) is 11.3 Å². The standard InChI is InChI=1S/C22H24N8O/c23-13-15-9-20(21(25)31)22(26-14-15)28-17-10-16(24)11-19(12-17)30(29-8-4-7-27-29)18-5-2-1-3-6-18/h1-9,14,16-17,19H,10-12,24H2,(H2,25,31)(H,26,28)/t16-,17?,19?/m0/s1. The molecule has 158 valence electrons. The second-order valence-electron chi connectivity index (χ2n) is 7.67. The van der Waals surface area contributed by atoms with Crippen LogP contribution in [0.4, 0.5) is 11.5 Å². The summed E-state index contributed by atoms with van der Waals surface area (Å²) in [7, 11) is 0. The third-order valence-electron chi connectivity index (χ3n) is 5.42. The Morgan fingerprint density at radius 2 is 2.03 bits per heavy atom. The van der Waals surface area contributed by atoms with Crippen LogP contribution in [0.25, 0.3) is 0 Å². The molecule has 0 bridgehead atoms. The normalized spacial score (nSPS) is 20.6. The Morgan fingerprint density at radius 3 is 2.71 bits per heavy atom. The molecule has 5 N–H and O–H groups in total. The van der Waals surface area contributed by atoms with Crippen molar-refractivity contribution in [3.05, 3.63) is 72.2 Å². The van der Waals surface area contributed by atoms with Crippen molar-refractivity contribution in [2.75, 3.05) is 10.3 Å². The average Bonchev–Trinajstić information content (AvgIpc) is 3.29. The highest BCUT2D eigenvalue weighted by molar-refractivity contribution is 5.97. The van der Waals surface area contributed by atoms with E-state index in [1.165, 1.54) is 12.3 Å². The van der Waals surface area contributed by atoms with Crippen molar-refractivity contribution >= 4 is 17.4 Å². The number of nitrogens with one attached hydrogen (secondary N) is 1. The summed E-state index contributed by atoms with van der Waals surface area (Å²) >= 11 is 0. The molecule has 2 heterocycles. The van der Waals surface area contributed by atoms with Crippen LogP contribution in [0.15, 0.2) is 61.1 Å². The number of rotatable bonds is 6. The van der Waals surface area contributed by atoms with Gasteiger partial charge < -0.3 is 16.8 Å². The fourth-order valence-corrected chi connectivity index (χ4v) is 4.14. The Kier molecular flexibility index (Phi) is 5.82. The Morgan fingerprint density at radius 1 is 1.23 bits per heavy atom. The Bertz CT molecular complexity index is 1080. The number of carbonyl (C=O) groups excluding carboxylic acids is 1. The highest BCUT2D eigenvalue weighted by Crippen LogP contribution is 2.29. The maximum absolute atomic E-state index is 11.9. The van der Waals surface area contributed by atoms with E-state index >= 15 is 0 Å². The number of nitriles is 1. The van der Waals surface area contributed by atoms with Gasteiger partial charge in [-0.1, -0.05) is 18.2 Å². The van der Waals surface area contributed by atoms with Crippen LogP contribution < -0.4 is 21.8 Å². The second-order valence-corrected chi connectivity index (χ2v) is 7.67. The minimum absolute atomic E-state index is 0.0333. The van der Waals surface area contributed by atoms with Crippen molar-refractivity contribution < 1.29 is 4.79 Å². The third kappa shape index (κ3) is 4.49. The van der Waals surface area contributed by atoms with Crippen LogP contribution in [-0.2, 0) is 0 Å². The van der Waals surface area contributed by atoms with Crippen molar-refractivity contribution in [3.8, 4) is 6.07 Å². The number of nitrogens with two attached hydrogens (primary N) is 2. The van der Waals surface area contributed by atoms with Gasteiger partial charge in [0.2, 0.25) is 0 Å². The molecule has 1 aliphatic rings. The van der Waals surface area contributed by atoms with Gasteiger partial charge in [0.25, 0.3) is 5.91 Å². The molecule has 1 amide bonds. The fraction of sp³-hybridized carbons (Fsp3) is 0.273. The summed E-state index contributed by atoms with van der Waals surface area (Å²) in [5, 5.41) is 19.0. The zero-order valence-corrected chi connectivity index (χ0v) is 16.9. The summed E-state index contributed by atoms with van der Waals surface area (Å²) in [5.41, 5.74) is 13.4. The molecule has 3 atom stereocenters. The summed E-state index contributed by atoms with van der Waals surface area (Å²) in [6.07, 6.45) is 7.34. The summed E-state index contributed by atoms with van der Waals surface area (Å²) in [5.74, 6) is -0.263. The van der Waals surface area contributed by atoms with Crippen LogP contribution in [0.5, 0.6) is 0 Å². The predicted octanol–water partition coefficient (Wildman–Crippen LogP) is 1.88. The lowest BCUT2D eigenvalue weighted by Crippen LogP contribution is -2.51. The van der Waals surface area contributed by atoms with E-state index in [2.05, 4.69) is 20.4 Å². The first-order valence-electron chi connectivity index (χ1n) is 10.1. The van der Waals surface area contributed by atoms with E-state index in [4.69, 9.17) is 16.7 Å². The molecule has 0 saturated heterocycles. The molecule has 9 nitrogen and oxygen atoms in total. The Balaban J connectivity index is 1.61. The van der Waals surface area contributed by atoms with Crippen LogP contribution in [-0.4, -0.2) is 38.9 Å². The van der Waals surface area contributed by atoms with E-state index in [0.717, 1.165) is 24.9 Å². The number of anilines is 2. The van der Waals surface area contributed by atoms with Crippen LogP contribution in [0.1, 0.15) is 35.2 Å². The molecule has 0 radical (unpaired) electrons. The highest BCUT2D eigenvalue weighted by Gasteiger charge is 2.33. The van der Waals surface area contributed by atoms with Gasteiger partial charge >= 0.3 is 0 Å². The van der Waals surface area contributed by atoms with Crippen molar-refractivity contribution in [2.45, 2.75) is 37.4 Å². The number of benzene rings is 1. The van der Waals surface area contributed by atoms with Gasteiger partial charge in [-0.15, -0.1) is 0 Å². The number of amides is 1. The predicted molar refractivity (Wildman–Crippen MR) is 117 cm³/mol.